The van der Waals surface area contributed by atoms with Crippen molar-refractivity contribution in [2.24, 2.45) is 0 Å². The first-order valence-corrected chi connectivity index (χ1v) is 6.34. The number of hydrogen-bond donors (Lipinski definition) is 4. The van der Waals surface area contributed by atoms with Crippen LogP contribution in [0.25, 0.3) is 0 Å². The van der Waals surface area contributed by atoms with Crippen LogP contribution in [0.5, 0.6) is 0 Å². The number of rotatable bonds is 8. The molecule has 0 aliphatic carbocycles. The van der Waals surface area contributed by atoms with Crippen molar-refractivity contribution in [3.8, 4) is 0 Å². The van der Waals surface area contributed by atoms with Crippen molar-refractivity contribution in [2.75, 3.05) is 13.6 Å². The zero-order chi connectivity index (χ0) is 14.8. The van der Waals surface area contributed by atoms with Gasteiger partial charge in [-0.2, -0.15) is 0 Å². The van der Waals surface area contributed by atoms with Crippen molar-refractivity contribution in [1.82, 2.24) is 16.0 Å². The molecule has 0 radical (unpaired) electrons. The number of hydrogen-bond acceptors (Lipinski definition) is 4. The minimum Gasteiger partial charge on any atom is -0.391 e. The zero-order valence-corrected chi connectivity index (χ0v) is 11.7. The number of amides is 3. The van der Waals surface area contributed by atoms with Crippen molar-refractivity contribution < 1.29 is 19.5 Å². The third-order valence-electron chi connectivity index (χ3n) is 2.61. The fourth-order valence-electron chi connectivity index (χ4n) is 1.43. The van der Waals surface area contributed by atoms with Crippen LogP contribution in [0.3, 0.4) is 0 Å². The highest BCUT2D eigenvalue weighted by atomic mass is 16.3. The fraction of sp³-hybridized carbons (Fsp3) is 0.750. The van der Waals surface area contributed by atoms with E-state index in [9.17, 15) is 19.5 Å². The van der Waals surface area contributed by atoms with Crippen LogP contribution in [0.1, 0.15) is 33.1 Å². The molecule has 0 rings (SSSR count). The summed E-state index contributed by atoms with van der Waals surface area (Å²) in [6.45, 7) is 3.32. The van der Waals surface area contributed by atoms with Gasteiger partial charge in [0.15, 0.2) is 0 Å². The lowest BCUT2D eigenvalue weighted by atomic mass is 10.1. The summed E-state index contributed by atoms with van der Waals surface area (Å²) in [5, 5.41) is 16.8. The Morgan fingerprint density at radius 2 is 1.89 bits per heavy atom. The van der Waals surface area contributed by atoms with E-state index in [0.717, 1.165) is 0 Å². The van der Waals surface area contributed by atoms with Gasteiger partial charge < -0.3 is 21.1 Å². The average molecular weight is 273 g/mol. The molecule has 0 fully saturated rings. The lowest BCUT2D eigenvalue weighted by Gasteiger charge is -2.16. The Hall–Kier alpha value is -1.63. The molecule has 7 nitrogen and oxygen atoms in total. The summed E-state index contributed by atoms with van der Waals surface area (Å²) in [6, 6.07) is -0.718. The quantitative estimate of drug-likeness (QED) is 0.450. The van der Waals surface area contributed by atoms with Gasteiger partial charge in [-0.25, -0.2) is 0 Å². The summed E-state index contributed by atoms with van der Waals surface area (Å²) in [4.78, 5) is 33.9. The minimum absolute atomic E-state index is 0.106. The van der Waals surface area contributed by atoms with E-state index in [-0.39, 0.29) is 37.1 Å². The number of aliphatic hydroxyl groups is 1. The van der Waals surface area contributed by atoms with E-state index in [4.69, 9.17) is 0 Å². The van der Waals surface area contributed by atoms with E-state index < -0.39 is 12.1 Å². The summed E-state index contributed by atoms with van der Waals surface area (Å²) in [5.74, 6) is -0.918. The molecule has 0 saturated heterocycles. The Morgan fingerprint density at radius 3 is 2.37 bits per heavy atom. The summed E-state index contributed by atoms with van der Waals surface area (Å²) in [5.41, 5.74) is 0. The lowest BCUT2D eigenvalue weighted by molar-refractivity contribution is -0.128. The second-order valence-corrected chi connectivity index (χ2v) is 4.27. The van der Waals surface area contributed by atoms with Gasteiger partial charge in [0.2, 0.25) is 17.7 Å². The van der Waals surface area contributed by atoms with Gasteiger partial charge in [0.05, 0.1) is 6.10 Å². The van der Waals surface area contributed by atoms with Crippen LogP contribution in [-0.2, 0) is 14.4 Å². The van der Waals surface area contributed by atoms with Gasteiger partial charge in [-0.05, 0) is 12.8 Å². The van der Waals surface area contributed by atoms with Gasteiger partial charge in [0.25, 0.3) is 0 Å². The molecule has 0 saturated carbocycles. The third-order valence-corrected chi connectivity index (χ3v) is 2.61. The van der Waals surface area contributed by atoms with Crippen LogP contribution in [0.15, 0.2) is 0 Å². The lowest BCUT2D eigenvalue weighted by Crippen LogP contribution is -2.45. The van der Waals surface area contributed by atoms with Crippen molar-refractivity contribution in [1.29, 1.82) is 0 Å². The Bertz CT molecular complexity index is 320. The minimum atomic E-state index is -0.718. The molecule has 2 atom stereocenters. The first-order valence-electron chi connectivity index (χ1n) is 6.34. The Labute approximate surface area is 113 Å². The summed E-state index contributed by atoms with van der Waals surface area (Å²) in [7, 11) is 1.47. The van der Waals surface area contributed by atoms with E-state index >= 15 is 0 Å². The molecule has 0 aromatic heterocycles. The molecule has 110 valence electrons. The molecule has 19 heavy (non-hydrogen) atoms. The van der Waals surface area contributed by atoms with E-state index in [0.29, 0.717) is 6.42 Å². The third kappa shape index (κ3) is 8.15. The maximum atomic E-state index is 11.5. The van der Waals surface area contributed by atoms with E-state index in [1.54, 1.807) is 0 Å². The highest BCUT2D eigenvalue weighted by Gasteiger charge is 2.19. The Morgan fingerprint density at radius 1 is 1.26 bits per heavy atom. The zero-order valence-electron chi connectivity index (χ0n) is 11.7. The van der Waals surface area contributed by atoms with E-state index in [2.05, 4.69) is 16.0 Å². The van der Waals surface area contributed by atoms with Crippen molar-refractivity contribution in [3.63, 3.8) is 0 Å². The molecule has 0 aromatic rings. The van der Waals surface area contributed by atoms with Crippen LogP contribution in [-0.4, -0.2) is 48.6 Å². The molecule has 0 heterocycles. The fourth-order valence-corrected chi connectivity index (χ4v) is 1.43. The SMILES string of the molecule is CCC(O)CNC(=O)CC[C@H](NC(C)=O)C(=O)NC. The highest BCUT2D eigenvalue weighted by molar-refractivity contribution is 5.87. The van der Waals surface area contributed by atoms with Gasteiger partial charge in [-0.1, -0.05) is 6.92 Å². The number of aliphatic hydroxyl groups excluding tert-OH is 1. The molecule has 0 bridgehead atoms. The standard InChI is InChI=1S/C12H23N3O4/c1-4-9(17)7-14-11(18)6-5-10(12(19)13-3)15-8(2)16/h9-10,17H,4-7H2,1-3H3,(H,13,19)(H,14,18)(H,15,16)/t9?,10-/m0/s1. The number of nitrogens with one attached hydrogen (secondary N) is 3. The second kappa shape index (κ2) is 9.32. The van der Waals surface area contributed by atoms with Gasteiger partial charge in [0, 0.05) is 26.9 Å². The molecule has 0 aliphatic heterocycles. The van der Waals surface area contributed by atoms with Crippen LogP contribution in [0.4, 0.5) is 0 Å². The molecule has 3 amide bonds. The van der Waals surface area contributed by atoms with E-state index in [1.807, 2.05) is 6.92 Å². The predicted molar refractivity (Wildman–Crippen MR) is 70.2 cm³/mol. The first-order chi connectivity index (χ1) is 8.90. The smallest absolute Gasteiger partial charge is 0.242 e. The number of likely N-dealkylation sites (N-methyl/N-ethyl adjacent to an activating group) is 1. The maximum Gasteiger partial charge on any atom is 0.242 e. The van der Waals surface area contributed by atoms with E-state index in [1.165, 1.54) is 14.0 Å². The first kappa shape index (κ1) is 17.4. The number of carbonyl (C=O) groups is 3. The molecule has 0 aliphatic rings. The molecule has 0 aromatic carbocycles. The maximum absolute atomic E-state index is 11.5. The molecule has 7 heteroatoms. The summed E-state index contributed by atoms with van der Waals surface area (Å²) in [6.07, 6.45) is 0.323. The highest BCUT2D eigenvalue weighted by Crippen LogP contribution is 1.98. The topological polar surface area (TPSA) is 108 Å². The predicted octanol–water partition coefficient (Wildman–Crippen LogP) is -1.10. The van der Waals surface area contributed by atoms with Gasteiger partial charge in [-0.3, -0.25) is 14.4 Å². The van der Waals surface area contributed by atoms with Crippen LogP contribution in [0, 0.1) is 0 Å². The van der Waals surface area contributed by atoms with Crippen molar-refractivity contribution in [2.45, 2.75) is 45.3 Å². The Kier molecular flexibility index (Phi) is 8.52. The van der Waals surface area contributed by atoms with Gasteiger partial charge in [-0.15, -0.1) is 0 Å². The largest absolute Gasteiger partial charge is 0.391 e. The molecule has 4 N–H and O–H groups in total. The van der Waals surface area contributed by atoms with Crippen LogP contribution < -0.4 is 16.0 Å². The normalized spacial score (nSPS) is 13.3. The summed E-state index contributed by atoms with van der Waals surface area (Å²) < 4.78 is 0. The molecular weight excluding hydrogens is 250 g/mol. The monoisotopic (exact) mass is 273 g/mol. The second-order valence-electron chi connectivity index (χ2n) is 4.27. The summed E-state index contributed by atoms with van der Waals surface area (Å²) >= 11 is 0. The molecular formula is C12H23N3O4. The molecule has 0 spiro atoms. The van der Waals surface area contributed by atoms with Crippen molar-refractivity contribution in [3.05, 3.63) is 0 Å². The molecule has 1 unspecified atom stereocenters. The Balaban J connectivity index is 4.13. The average Bonchev–Trinajstić information content (AvgIpc) is 2.39. The van der Waals surface area contributed by atoms with Crippen LogP contribution in [0.2, 0.25) is 0 Å². The van der Waals surface area contributed by atoms with Gasteiger partial charge >= 0.3 is 0 Å². The van der Waals surface area contributed by atoms with Gasteiger partial charge in [0.1, 0.15) is 6.04 Å². The van der Waals surface area contributed by atoms with Crippen LogP contribution >= 0.6 is 0 Å². The number of carbonyl (C=O) groups excluding carboxylic acids is 3. The van der Waals surface area contributed by atoms with Crippen molar-refractivity contribution >= 4 is 17.7 Å².